The molecule has 5 nitrogen and oxygen atoms in total. The van der Waals surface area contributed by atoms with Gasteiger partial charge in [-0.3, -0.25) is 0 Å². The lowest BCUT2D eigenvalue weighted by Crippen LogP contribution is -2.12. The van der Waals surface area contributed by atoms with E-state index in [9.17, 15) is 4.79 Å². The first kappa shape index (κ1) is 13.3. The van der Waals surface area contributed by atoms with E-state index < -0.39 is 5.97 Å². The van der Waals surface area contributed by atoms with E-state index in [0.717, 1.165) is 5.56 Å². The van der Waals surface area contributed by atoms with Gasteiger partial charge in [0.2, 0.25) is 0 Å². The Hall–Kier alpha value is -1.75. The van der Waals surface area contributed by atoms with Gasteiger partial charge in [0.25, 0.3) is 0 Å². The van der Waals surface area contributed by atoms with Crippen LogP contribution in [-0.4, -0.2) is 31.8 Å². The van der Waals surface area contributed by atoms with Crippen LogP contribution in [0.4, 0.5) is 0 Å². The monoisotopic (exact) mass is 239 g/mol. The number of hydrogen-bond donors (Lipinski definition) is 2. The van der Waals surface area contributed by atoms with Crippen molar-refractivity contribution in [1.29, 1.82) is 0 Å². The van der Waals surface area contributed by atoms with Gasteiger partial charge in [-0.25, -0.2) is 4.79 Å². The molecule has 0 aromatic heterocycles. The first-order valence-electron chi connectivity index (χ1n) is 5.24. The number of aromatic carboxylic acids is 1. The van der Waals surface area contributed by atoms with E-state index >= 15 is 0 Å². The summed E-state index contributed by atoms with van der Waals surface area (Å²) in [7, 11) is 2.99. The van der Waals surface area contributed by atoms with Gasteiger partial charge in [0, 0.05) is 5.56 Å². The molecule has 0 heterocycles. The Kier molecular flexibility index (Phi) is 4.34. The average Bonchev–Trinajstić information content (AvgIpc) is 2.35. The molecule has 0 aliphatic rings. The molecule has 1 aromatic rings. The number of benzene rings is 1. The molecule has 0 saturated heterocycles. The molecule has 1 atom stereocenters. The Bertz CT molecular complexity index is 417. The zero-order valence-corrected chi connectivity index (χ0v) is 10.2. The van der Waals surface area contributed by atoms with Crippen molar-refractivity contribution in [3.8, 4) is 11.5 Å². The minimum Gasteiger partial charge on any atom is -0.493 e. The molecule has 0 bridgehead atoms. The summed E-state index contributed by atoms with van der Waals surface area (Å²) in [6, 6.07) is 3.01. The lowest BCUT2D eigenvalue weighted by atomic mass is 9.97. The molecule has 0 aliphatic heterocycles. The number of methoxy groups -OCH3 is 2. The number of ether oxygens (including phenoxy) is 2. The Balaban J connectivity index is 3.42. The van der Waals surface area contributed by atoms with E-state index in [1.165, 1.54) is 20.3 Å². The molecule has 0 fully saturated rings. The Morgan fingerprint density at radius 2 is 2.06 bits per heavy atom. The van der Waals surface area contributed by atoms with E-state index in [4.69, 9.17) is 20.3 Å². The molecule has 0 aliphatic carbocycles. The lowest BCUT2D eigenvalue weighted by molar-refractivity contribution is 0.0696. The second kappa shape index (κ2) is 5.54. The summed E-state index contributed by atoms with van der Waals surface area (Å²) in [5.41, 5.74) is 6.51. The van der Waals surface area contributed by atoms with Crippen molar-refractivity contribution in [2.45, 2.75) is 12.8 Å². The molecule has 0 spiro atoms. The second-order valence-electron chi connectivity index (χ2n) is 3.74. The first-order valence-corrected chi connectivity index (χ1v) is 5.24. The van der Waals surface area contributed by atoms with Crippen molar-refractivity contribution >= 4 is 5.97 Å². The van der Waals surface area contributed by atoms with Gasteiger partial charge in [-0.2, -0.15) is 0 Å². The Morgan fingerprint density at radius 3 is 2.47 bits per heavy atom. The van der Waals surface area contributed by atoms with Crippen LogP contribution in [0.2, 0.25) is 0 Å². The van der Waals surface area contributed by atoms with E-state index in [0.29, 0.717) is 18.0 Å². The molecular formula is C12H17NO4. The predicted octanol–water partition coefficient (Wildman–Crippen LogP) is 1.46. The summed E-state index contributed by atoms with van der Waals surface area (Å²) in [5.74, 6) is -0.0623. The molecule has 94 valence electrons. The predicted molar refractivity (Wildman–Crippen MR) is 64.0 cm³/mol. The van der Waals surface area contributed by atoms with Crippen molar-refractivity contribution in [2.75, 3.05) is 20.8 Å². The zero-order valence-electron chi connectivity index (χ0n) is 10.2. The van der Waals surface area contributed by atoms with E-state index in [-0.39, 0.29) is 11.5 Å². The van der Waals surface area contributed by atoms with Crippen LogP contribution < -0.4 is 15.2 Å². The highest BCUT2D eigenvalue weighted by Crippen LogP contribution is 2.36. The third kappa shape index (κ3) is 2.68. The van der Waals surface area contributed by atoms with Crippen LogP contribution in [0.25, 0.3) is 0 Å². The van der Waals surface area contributed by atoms with Crippen LogP contribution in [0.1, 0.15) is 28.8 Å². The Labute approximate surface area is 100 Å². The van der Waals surface area contributed by atoms with E-state index in [1.54, 1.807) is 6.07 Å². The molecule has 1 aromatic carbocycles. The third-order valence-corrected chi connectivity index (χ3v) is 2.64. The summed E-state index contributed by atoms with van der Waals surface area (Å²) in [4.78, 5) is 11.0. The molecule has 3 N–H and O–H groups in total. The fraction of sp³-hybridized carbons (Fsp3) is 0.417. The summed E-state index contributed by atoms with van der Waals surface area (Å²) >= 11 is 0. The number of nitrogens with two attached hydrogens (primary N) is 1. The smallest absolute Gasteiger partial charge is 0.335 e. The van der Waals surface area contributed by atoms with Crippen molar-refractivity contribution < 1.29 is 19.4 Å². The SMILES string of the molecule is COc1cc(C(=O)O)cc(C(C)CN)c1OC. The van der Waals surface area contributed by atoms with Gasteiger partial charge in [-0.15, -0.1) is 0 Å². The number of rotatable bonds is 5. The molecule has 0 saturated carbocycles. The molecule has 0 amide bonds. The summed E-state index contributed by atoms with van der Waals surface area (Å²) in [5, 5.41) is 9.02. The molecule has 5 heteroatoms. The molecule has 0 radical (unpaired) electrons. The maximum atomic E-state index is 11.0. The van der Waals surface area contributed by atoms with Gasteiger partial charge in [-0.05, 0) is 24.6 Å². The van der Waals surface area contributed by atoms with E-state index in [1.807, 2.05) is 6.92 Å². The Morgan fingerprint density at radius 1 is 1.41 bits per heavy atom. The summed E-state index contributed by atoms with van der Waals surface area (Å²) < 4.78 is 10.4. The first-order chi connectivity index (χ1) is 8.04. The highest BCUT2D eigenvalue weighted by molar-refractivity contribution is 5.89. The van der Waals surface area contributed by atoms with Crippen LogP contribution in [-0.2, 0) is 0 Å². The van der Waals surface area contributed by atoms with Crippen molar-refractivity contribution in [1.82, 2.24) is 0 Å². The minimum absolute atomic E-state index is 0.00171. The zero-order chi connectivity index (χ0) is 13.0. The molecule has 17 heavy (non-hydrogen) atoms. The third-order valence-electron chi connectivity index (χ3n) is 2.64. The summed E-state index contributed by atoms with van der Waals surface area (Å²) in [6.07, 6.45) is 0. The van der Waals surface area contributed by atoms with Crippen LogP contribution in [0.5, 0.6) is 11.5 Å². The number of hydrogen-bond acceptors (Lipinski definition) is 4. The van der Waals surface area contributed by atoms with Crippen molar-refractivity contribution in [3.63, 3.8) is 0 Å². The van der Waals surface area contributed by atoms with Crippen LogP contribution in [0, 0.1) is 0 Å². The quantitative estimate of drug-likeness (QED) is 0.813. The van der Waals surface area contributed by atoms with Crippen molar-refractivity contribution in [3.05, 3.63) is 23.3 Å². The standard InChI is InChI=1S/C12H17NO4/c1-7(6-13)9-4-8(12(14)15)5-10(16-2)11(9)17-3/h4-5,7H,6,13H2,1-3H3,(H,14,15). The molecule has 1 unspecified atom stereocenters. The number of carbonyl (C=O) groups is 1. The second-order valence-corrected chi connectivity index (χ2v) is 3.74. The van der Waals surface area contributed by atoms with Crippen LogP contribution in [0.15, 0.2) is 12.1 Å². The van der Waals surface area contributed by atoms with Crippen molar-refractivity contribution in [2.24, 2.45) is 5.73 Å². The van der Waals surface area contributed by atoms with Gasteiger partial charge in [0.15, 0.2) is 11.5 Å². The maximum absolute atomic E-state index is 11.0. The summed E-state index contributed by atoms with van der Waals surface area (Å²) in [6.45, 7) is 2.31. The van der Waals surface area contributed by atoms with Gasteiger partial charge in [0.1, 0.15) is 0 Å². The van der Waals surface area contributed by atoms with Gasteiger partial charge in [-0.1, -0.05) is 6.92 Å². The fourth-order valence-electron chi connectivity index (χ4n) is 1.61. The van der Waals surface area contributed by atoms with Crippen LogP contribution in [0.3, 0.4) is 0 Å². The lowest BCUT2D eigenvalue weighted by Gasteiger charge is -2.17. The topological polar surface area (TPSA) is 81.8 Å². The molecule has 1 rings (SSSR count). The van der Waals surface area contributed by atoms with Gasteiger partial charge >= 0.3 is 5.97 Å². The largest absolute Gasteiger partial charge is 0.493 e. The minimum atomic E-state index is -1.00. The highest BCUT2D eigenvalue weighted by Gasteiger charge is 2.18. The number of carboxylic acids is 1. The van der Waals surface area contributed by atoms with E-state index in [2.05, 4.69) is 0 Å². The highest BCUT2D eigenvalue weighted by atomic mass is 16.5. The molecular weight excluding hydrogens is 222 g/mol. The van der Waals surface area contributed by atoms with Crippen LogP contribution >= 0.6 is 0 Å². The van der Waals surface area contributed by atoms with Gasteiger partial charge < -0.3 is 20.3 Å². The fourth-order valence-corrected chi connectivity index (χ4v) is 1.61. The maximum Gasteiger partial charge on any atom is 0.335 e. The normalized spacial score (nSPS) is 12.0. The number of carboxylic acid groups (broad SMARTS) is 1. The van der Waals surface area contributed by atoms with Gasteiger partial charge in [0.05, 0.1) is 19.8 Å². The average molecular weight is 239 g/mol.